The van der Waals surface area contributed by atoms with Gasteiger partial charge in [-0.25, -0.2) is 9.78 Å². The van der Waals surface area contributed by atoms with Crippen LogP contribution in [0.15, 0.2) is 47.6 Å². The molecule has 19 heavy (non-hydrogen) atoms. The fourth-order valence-corrected chi connectivity index (χ4v) is 2.48. The maximum Gasteiger partial charge on any atom is 0.335 e. The molecule has 1 aromatic heterocycles. The first-order chi connectivity index (χ1) is 9.20. The minimum absolute atomic E-state index is 0.248. The zero-order chi connectivity index (χ0) is 13.7. The van der Waals surface area contributed by atoms with Gasteiger partial charge in [-0.3, -0.25) is 0 Å². The number of carboxylic acid groups (broad SMARTS) is 1. The maximum atomic E-state index is 10.9. The molecular weight excluding hydrogens is 262 g/mol. The van der Waals surface area contributed by atoms with E-state index in [2.05, 4.69) is 4.98 Å². The third-order valence-electron chi connectivity index (χ3n) is 2.55. The van der Waals surface area contributed by atoms with Crippen molar-refractivity contribution in [2.75, 3.05) is 7.11 Å². The van der Waals surface area contributed by atoms with E-state index in [0.29, 0.717) is 10.8 Å². The number of rotatable bonds is 5. The lowest BCUT2D eigenvalue weighted by Crippen LogP contribution is -1.97. The van der Waals surface area contributed by atoms with E-state index < -0.39 is 5.97 Å². The van der Waals surface area contributed by atoms with Crippen molar-refractivity contribution in [1.82, 2.24) is 4.98 Å². The predicted octanol–water partition coefficient (Wildman–Crippen LogP) is 3.08. The van der Waals surface area contributed by atoms with Gasteiger partial charge in [0.15, 0.2) is 0 Å². The molecule has 0 aliphatic heterocycles. The highest BCUT2D eigenvalue weighted by atomic mass is 32.2. The number of benzene rings is 1. The minimum atomic E-state index is -0.943. The molecule has 98 valence electrons. The van der Waals surface area contributed by atoms with Crippen molar-refractivity contribution in [3.05, 3.63) is 53.7 Å². The van der Waals surface area contributed by atoms with Crippen LogP contribution in [-0.4, -0.2) is 23.2 Å². The van der Waals surface area contributed by atoms with Gasteiger partial charge >= 0.3 is 5.97 Å². The number of hydrogen-bond donors (Lipinski definition) is 1. The molecule has 0 radical (unpaired) electrons. The molecule has 1 aromatic carbocycles. The van der Waals surface area contributed by atoms with Crippen molar-refractivity contribution in [3.63, 3.8) is 0 Å². The fourth-order valence-electron chi connectivity index (χ4n) is 1.60. The van der Waals surface area contributed by atoms with E-state index in [1.807, 2.05) is 24.3 Å². The van der Waals surface area contributed by atoms with Crippen molar-refractivity contribution in [2.24, 2.45) is 0 Å². The summed E-state index contributed by atoms with van der Waals surface area (Å²) in [6, 6.07) is 10.8. The zero-order valence-corrected chi connectivity index (χ0v) is 11.2. The Morgan fingerprint density at radius 1 is 1.37 bits per heavy atom. The van der Waals surface area contributed by atoms with E-state index in [1.54, 1.807) is 13.2 Å². The second-order valence-corrected chi connectivity index (χ2v) is 4.78. The van der Waals surface area contributed by atoms with Gasteiger partial charge in [-0.2, -0.15) is 0 Å². The number of aromatic nitrogens is 1. The SMILES string of the molecule is COc1ccccc1CSc1cc(C(=O)O)ccn1. The number of ether oxygens (including phenoxy) is 1. The summed E-state index contributed by atoms with van der Waals surface area (Å²) in [5.41, 5.74) is 1.30. The Balaban J connectivity index is 2.10. The highest BCUT2D eigenvalue weighted by Gasteiger charge is 2.06. The van der Waals surface area contributed by atoms with Crippen LogP contribution in [0.1, 0.15) is 15.9 Å². The first-order valence-electron chi connectivity index (χ1n) is 5.64. The van der Waals surface area contributed by atoms with Crippen LogP contribution in [0.4, 0.5) is 0 Å². The Bertz CT molecular complexity index is 586. The van der Waals surface area contributed by atoms with Gasteiger partial charge in [0, 0.05) is 17.5 Å². The van der Waals surface area contributed by atoms with Gasteiger partial charge in [0.25, 0.3) is 0 Å². The molecule has 0 aliphatic carbocycles. The molecule has 0 saturated carbocycles. The smallest absolute Gasteiger partial charge is 0.335 e. The second-order valence-electron chi connectivity index (χ2n) is 3.79. The van der Waals surface area contributed by atoms with E-state index >= 15 is 0 Å². The molecular formula is C14H13NO3S. The van der Waals surface area contributed by atoms with Crippen molar-refractivity contribution >= 4 is 17.7 Å². The molecule has 0 atom stereocenters. The summed E-state index contributed by atoms with van der Waals surface area (Å²) in [7, 11) is 1.63. The normalized spacial score (nSPS) is 10.2. The molecule has 2 rings (SSSR count). The average molecular weight is 275 g/mol. The van der Waals surface area contributed by atoms with Crippen LogP contribution in [0.3, 0.4) is 0 Å². The van der Waals surface area contributed by atoms with Crippen molar-refractivity contribution in [2.45, 2.75) is 10.8 Å². The molecule has 2 aromatic rings. The van der Waals surface area contributed by atoms with E-state index in [-0.39, 0.29) is 5.56 Å². The first kappa shape index (κ1) is 13.4. The van der Waals surface area contributed by atoms with Crippen LogP contribution >= 0.6 is 11.8 Å². The molecule has 0 bridgehead atoms. The molecule has 1 heterocycles. The number of pyridine rings is 1. The van der Waals surface area contributed by atoms with Crippen molar-refractivity contribution in [1.29, 1.82) is 0 Å². The molecule has 0 saturated heterocycles. The summed E-state index contributed by atoms with van der Waals surface area (Å²) in [6.45, 7) is 0. The number of carboxylic acids is 1. The standard InChI is InChI=1S/C14H13NO3S/c1-18-12-5-3-2-4-11(12)9-19-13-8-10(14(16)17)6-7-15-13/h2-8H,9H2,1H3,(H,16,17). The van der Waals surface area contributed by atoms with E-state index in [4.69, 9.17) is 9.84 Å². The lowest BCUT2D eigenvalue weighted by molar-refractivity contribution is 0.0696. The van der Waals surface area contributed by atoms with Crippen molar-refractivity contribution < 1.29 is 14.6 Å². The Kier molecular flexibility index (Phi) is 4.41. The fraction of sp³-hybridized carbons (Fsp3) is 0.143. The van der Waals surface area contributed by atoms with E-state index in [9.17, 15) is 4.79 Å². The number of methoxy groups -OCH3 is 1. The summed E-state index contributed by atoms with van der Waals surface area (Å²) >= 11 is 1.48. The second kappa shape index (κ2) is 6.24. The Morgan fingerprint density at radius 2 is 2.16 bits per heavy atom. The number of carbonyl (C=O) groups is 1. The van der Waals surface area contributed by atoms with Crippen LogP contribution in [0.25, 0.3) is 0 Å². The average Bonchev–Trinajstić information content (AvgIpc) is 2.45. The van der Waals surface area contributed by atoms with Gasteiger partial charge < -0.3 is 9.84 Å². The number of aromatic carboxylic acids is 1. The predicted molar refractivity (Wildman–Crippen MR) is 73.8 cm³/mol. The molecule has 0 fully saturated rings. The largest absolute Gasteiger partial charge is 0.496 e. The van der Waals surface area contributed by atoms with Gasteiger partial charge in [0.1, 0.15) is 5.75 Å². The summed E-state index contributed by atoms with van der Waals surface area (Å²) in [5, 5.41) is 9.61. The topological polar surface area (TPSA) is 59.4 Å². The zero-order valence-electron chi connectivity index (χ0n) is 10.4. The molecule has 0 aliphatic rings. The number of nitrogens with zero attached hydrogens (tertiary/aromatic N) is 1. The molecule has 4 nitrogen and oxygen atoms in total. The maximum absolute atomic E-state index is 10.9. The van der Waals surface area contributed by atoms with Gasteiger partial charge in [0.05, 0.1) is 17.7 Å². The highest BCUT2D eigenvalue weighted by molar-refractivity contribution is 7.98. The van der Waals surface area contributed by atoms with Crippen LogP contribution in [-0.2, 0) is 5.75 Å². The third-order valence-corrected chi connectivity index (χ3v) is 3.52. The molecule has 1 N–H and O–H groups in total. The molecule has 5 heteroatoms. The van der Waals surface area contributed by atoms with Gasteiger partial charge in [0.2, 0.25) is 0 Å². The summed E-state index contributed by atoms with van der Waals surface area (Å²) in [4.78, 5) is 15.0. The van der Waals surface area contributed by atoms with Crippen LogP contribution < -0.4 is 4.74 Å². The lowest BCUT2D eigenvalue weighted by atomic mass is 10.2. The molecule has 0 amide bonds. The summed E-state index contributed by atoms with van der Waals surface area (Å²) in [5.74, 6) is 0.561. The van der Waals surface area contributed by atoms with E-state index in [0.717, 1.165) is 11.3 Å². The summed E-state index contributed by atoms with van der Waals surface area (Å²) in [6.07, 6.45) is 1.51. The van der Waals surface area contributed by atoms with Gasteiger partial charge in [-0.05, 0) is 18.2 Å². The number of hydrogen-bond acceptors (Lipinski definition) is 4. The van der Waals surface area contributed by atoms with Crippen LogP contribution in [0.2, 0.25) is 0 Å². The number of thioether (sulfide) groups is 1. The minimum Gasteiger partial charge on any atom is -0.496 e. The molecule has 0 spiro atoms. The lowest BCUT2D eigenvalue weighted by Gasteiger charge is -2.07. The van der Waals surface area contributed by atoms with Gasteiger partial charge in [-0.15, -0.1) is 11.8 Å². The Hall–Kier alpha value is -2.01. The third kappa shape index (κ3) is 3.48. The Labute approximate surface area is 115 Å². The first-order valence-corrected chi connectivity index (χ1v) is 6.63. The quantitative estimate of drug-likeness (QED) is 0.850. The van der Waals surface area contributed by atoms with Crippen LogP contribution in [0, 0.1) is 0 Å². The van der Waals surface area contributed by atoms with Gasteiger partial charge in [-0.1, -0.05) is 18.2 Å². The number of para-hydroxylation sites is 1. The Morgan fingerprint density at radius 3 is 2.89 bits per heavy atom. The van der Waals surface area contributed by atoms with E-state index in [1.165, 1.54) is 24.0 Å². The summed E-state index contributed by atoms with van der Waals surface area (Å²) < 4.78 is 5.27. The molecule has 0 unspecified atom stereocenters. The van der Waals surface area contributed by atoms with Crippen molar-refractivity contribution in [3.8, 4) is 5.75 Å². The monoisotopic (exact) mass is 275 g/mol. The highest BCUT2D eigenvalue weighted by Crippen LogP contribution is 2.26. The van der Waals surface area contributed by atoms with Crippen LogP contribution in [0.5, 0.6) is 5.75 Å².